The zero-order chi connectivity index (χ0) is 13.3. The number of amidine groups is 1. The summed E-state index contributed by atoms with van der Waals surface area (Å²) in [5.74, 6) is 0.419. The summed E-state index contributed by atoms with van der Waals surface area (Å²) in [6.07, 6.45) is 0. The minimum absolute atomic E-state index is 0.0516. The number of aromatic nitrogens is 4. The van der Waals surface area contributed by atoms with Crippen LogP contribution >= 0.6 is 11.8 Å². The van der Waals surface area contributed by atoms with Gasteiger partial charge in [-0.25, -0.2) is 0 Å². The Morgan fingerprint density at radius 3 is 2.44 bits per heavy atom. The molecule has 0 radical (unpaired) electrons. The van der Waals surface area contributed by atoms with E-state index < -0.39 is 0 Å². The Kier molecular flexibility index (Phi) is 3.28. The van der Waals surface area contributed by atoms with Gasteiger partial charge >= 0.3 is 0 Å². The first-order valence-electron chi connectivity index (χ1n) is 5.15. The van der Waals surface area contributed by atoms with Gasteiger partial charge in [0, 0.05) is 6.92 Å². The highest BCUT2D eigenvalue weighted by Gasteiger charge is 2.17. The summed E-state index contributed by atoms with van der Waals surface area (Å²) in [7, 11) is 0. The molecule has 0 aromatic carbocycles. The van der Waals surface area contributed by atoms with Gasteiger partial charge in [-0.3, -0.25) is 5.41 Å². The summed E-state index contributed by atoms with van der Waals surface area (Å²) in [6, 6.07) is 0. The second-order valence-corrected chi connectivity index (χ2v) is 4.63. The highest BCUT2D eigenvalue weighted by Crippen LogP contribution is 2.29. The van der Waals surface area contributed by atoms with Crippen LogP contribution in [0.2, 0.25) is 0 Å². The molecule has 3 N–H and O–H groups in total. The first-order valence-corrected chi connectivity index (χ1v) is 5.97. The maximum absolute atomic E-state index is 7.61. The third-order valence-corrected chi connectivity index (χ3v) is 3.20. The molecule has 0 aliphatic rings. The Morgan fingerprint density at radius 2 is 1.89 bits per heavy atom. The fraction of sp³-hybridized carbons (Fsp3) is 0.300. The van der Waals surface area contributed by atoms with Crippen molar-refractivity contribution in [2.75, 3.05) is 0 Å². The lowest BCUT2D eigenvalue weighted by Crippen LogP contribution is -2.16. The number of nitrogens with one attached hydrogen (secondary N) is 1. The van der Waals surface area contributed by atoms with Gasteiger partial charge in [-0.1, -0.05) is 0 Å². The summed E-state index contributed by atoms with van der Waals surface area (Å²) >= 11 is 1.15. The lowest BCUT2D eigenvalue weighted by Gasteiger charge is -2.09. The number of aryl methyl sites for hydroxylation is 2. The van der Waals surface area contributed by atoms with Crippen molar-refractivity contribution >= 4 is 17.6 Å². The monoisotopic (exact) mass is 264 g/mol. The molecule has 0 aliphatic heterocycles. The second-order valence-electron chi connectivity index (χ2n) is 3.69. The number of nitrogen functional groups attached to an aromatic ring is 1. The van der Waals surface area contributed by atoms with Crippen LogP contribution in [0, 0.1) is 26.2 Å². The van der Waals surface area contributed by atoms with Crippen molar-refractivity contribution in [1.82, 2.24) is 20.4 Å². The molecule has 2 heterocycles. The van der Waals surface area contributed by atoms with E-state index in [0.29, 0.717) is 21.7 Å². The molecule has 7 nitrogen and oxygen atoms in total. The van der Waals surface area contributed by atoms with E-state index in [1.807, 2.05) is 13.8 Å². The van der Waals surface area contributed by atoms with Crippen molar-refractivity contribution < 1.29 is 4.42 Å². The van der Waals surface area contributed by atoms with Crippen LogP contribution in [-0.2, 0) is 0 Å². The van der Waals surface area contributed by atoms with Crippen molar-refractivity contribution in [1.29, 1.82) is 5.41 Å². The molecule has 0 spiro atoms. The molecular weight excluding hydrogens is 252 g/mol. The van der Waals surface area contributed by atoms with Gasteiger partial charge in [0.2, 0.25) is 5.89 Å². The minimum atomic E-state index is -0.0516. The Hall–Kier alpha value is -1.96. The number of hydrogen-bond acceptors (Lipinski definition) is 7. The van der Waals surface area contributed by atoms with Crippen molar-refractivity contribution in [3.05, 3.63) is 22.7 Å². The predicted molar refractivity (Wildman–Crippen MR) is 65.7 cm³/mol. The molecule has 0 amide bonds. The summed E-state index contributed by atoms with van der Waals surface area (Å²) in [4.78, 5) is 0. The predicted octanol–water partition coefficient (Wildman–Crippen LogP) is 1.22. The Morgan fingerprint density at radius 1 is 1.17 bits per heavy atom. The van der Waals surface area contributed by atoms with E-state index in [4.69, 9.17) is 15.6 Å². The molecule has 8 heteroatoms. The van der Waals surface area contributed by atoms with Crippen LogP contribution in [0.15, 0.2) is 14.7 Å². The Bertz CT molecular complexity index is 608. The van der Waals surface area contributed by atoms with Crippen LogP contribution in [0.3, 0.4) is 0 Å². The fourth-order valence-electron chi connectivity index (χ4n) is 1.38. The molecule has 0 atom stereocenters. The summed E-state index contributed by atoms with van der Waals surface area (Å²) < 4.78 is 5.25. The van der Waals surface area contributed by atoms with Gasteiger partial charge in [-0.05, 0) is 31.2 Å². The van der Waals surface area contributed by atoms with Crippen molar-refractivity contribution in [3.63, 3.8) is 0 Å². The van der Waals surface area contributed by atoms with Crippen LogP contribution in [0.1, 0.15) is 22.7 Å². The van der Waals surface area contributed by atoms with E-state index in [2.05, 4.69) is 20.4 Å². The molecule has 0 unspecified atom stereocenters. The van der Waals surface area contributed by atoms with E-state index in [0.717, 1.165) is 23.0 Å². The molecule has 0 aliphatic carbocycles. The third kappa shape index (κ3) is 2.33. The summed E-state index contributed by atoms with van der Waals surface area (Å²) in [5, 5.41) is 24.1. The Balaban J connectivity index is 2.44. The van der Waals surface area contributed by atoms with Gasteiger partial charge in [0.25, 0.3) is 5.22 Å². The zero-order valence-electron chi connectivity index (χ0n) is 10.2. The van der Waals surface area contributed by atoms with Crippen LogP contribution in [0.5, 0.6) is 0 Å². The first kappa shape index (κ1) is 12.5. The molecule has 0 saturated carbocycles. The average molecular weight is 264 g/mol. The number of nitrogens with zero attached hydrogens (tertiary/aromatic N) is 4. The normalized spacial score (nSPS) is 10.6. The van der Waals surface area contributed by atoms with Gasteiger partial charge in [-0.15, -0.1) is 15.3 Å². The van der Waals surface area contributed by atoms with E-state index in [1.54, 1.807) is 6.92 Å². The van der Waals surface area contributed by atoms with Crippen molar-refractivity contribution in [2.45, 2.75) is 31.0 Å². The lowest BCUT2D eigenvalue weighted by atomic mass is 10.1. The zero-order valence-corrected chi connectivity index (χ0v) is 11.0. The van der Waals surface area contributed by atoms with E-state index >= 15 is 0 Å². The molecule has 94 valence electrons. The molecule has 0 saturated heterocycles. The van der Waals surface area contributed by atoms with E-state index in [-0.39, 0.29) is 5.84 Å². The largest absolute Gasteiger partial charge is 0.416 e. The van der Waals surface area contributed by atoms with Crippen LogP contribution in [0.4, 0.5) is 0 Å². The maximum Gasteiger partial charge on any atom is 0.283 e. The van der Waals surface area contributed by atoms with Gasteiger partial charge in [-0.2, -0.15) is 5.10 Å². The average Bonchev–Trinajstić information content (AvgIpc) is 2.69. The molecule has 2 aromatic heterocycles. The van der Waals surface area contributed by atoms with Gasteiger partial charge in [0.1, 0.15) is 10.9 Å². The molecule has 2 aromatic rings. The molecule has 2 rings (SSSR count). The number of nitrogens with two attached hydrogens (primary N) is 1. The second kappa shape index (κ2) is 4.73. The van der Waals surface area contributed by atoms with Crippen molar-refractivity contribution in [3.8, 4) is 0 Å². The van der Waals surface area contributed by atoms with Gasteiger partial charge in [0.15, 0.2) is 0 Å². The summed E-state index contributed by atoms with van der Waals surface area (Å²) in [5.41, 5.74) is 7.71. The fourth-order valence-corrected chi connectivity index (χ4v) is 2.23. The van der Waals surface area contributed by atoms with E-state index in [9.17, 15) is 0 Å². The lowest BCUT2D eigenvalue weighted by molar-refractivity contribution is 0.429. The SMILES string of the molecule is Cc1nnc(Sc2nnc(C)c(C)c2C(=N)N)o1. The van der Waals surface area contributed by atoms with Gasteiger partial charge in [0.05, 0.1) is 11.3 Å². The molecular formula is C10H12N6OS. The number of rotatable bonds is 3. The number of hydrogen-bond donors (Lipinski definition) is 2. The topological polar surface area (TPSA) is 115 Å². The standard InChI is InChI=1S/C10H12N6OS/c1-4-5(2)13-15-9(7(4)8(11)12)18-10-16-14-6(3)17-10/h1-3H3,(H3,11,12). The van der Waals surface area contributed by atoms with Crippen LogP contribution in [-0.4, -0.2) is 26.2 Å². The van der Waals surface area contributed by atoms with Crippen LogP contribution < -0.4 is 5.73 Å². The molecule has 0 fully saturated rings. The van der Waals surface area contributed by atoms with Gasteiger partial charge < -0.3 is 10.2 Å². The van der Waals surface area contributed by atoms with Crippen molar-refractivity contribution in [2.24, 2.45) is 5.73 Å². The van der Waals surface area contributed by atoms with E-state index in [1.165, 1.54) is 0 Å². The Labute approximate surface area is 108 Å². The smallest absolute Gasteiger partial charge is 0.283 e. The molecule has 0 bridgehead atoms. The summed E-state index contributed by atoms with van der Waals surface area (Å²) in [6.45, 7) is 5.37. The first-order chi connectivity index (χ1) is 8.49. The third-order valence-electron chi connectivity index (χ3n) is 2.38. The highest BCUT2D eigenvalue weighted by atomic mass is 32.2. The highest BCUT2D eigenvalue weighted by molar-refractivity contribution is 7.99. The maximum atomic E-state index is 7.61. The minimum Gasteiger partial charge on any atom is -0.416 e. The molecule has 18 heavy (non-hydrogen) atoms. The quantitative estimate of drug-likeness (QED) is 0.632. The van der Waals surface area contributed by atoms with Crippen LogP contribution in [0.25, 0.3) is 0 Å².